The highest BCUT2D eigenvalue weighted by molar-refractivity contribution is 4.76. The Morgan fingerprint density at radius 3 is 1.59 bits per heavy atom. The molecule has 0 spiro atoms. The third-order valence-corrected chi connectivity index (χ3v) is 3.43. The maximum atomic E-state index is 10.6. The molecular weight excluding hydrogens is 210 g/mol. The van der Waals surface area contributed by atoms with Crippen molar-refractivity contribution >= 4 is 0 Å². The SMILES string of the molecule is CCCCCCCCCCCCC(C)(C)N[O-]. The van der Waals surface area contributed by atoms with Gasteiger partial charge in [0.05, 0.1) is 0 Å². The summed E-state index contributed by atoms with van der Waals surface area (Å²) in [6.07, 6.45) is 14.5. The van der Waals surface area contributed by atoms with Crippen molar-refractivity contribution < 1.29 is 0 Å². The van der Waals surface area contributed by atoms with Crippen LogP contribution >= 0.6 is 0 Å². The Balaban J connectivity index is 3.09. The Morgan fingerprint density at radius 2 is 1.18 bits per heavy atom. The molecule has 0 saturated carbocycles. The van der Waals surface area contributed by atoms with Crippen LogP contribution in [0, 0.1) is 5.21 Å². The van der Waals surface area contributed by atoms with Gasteiger partial charge in [0.15, 0.2) is 0 Å². The van der Waals surface area contributed by atoms with Crippen molar-refractivity contribution in [1.82, 2.24) is 5.48 Å². The Morgan fingerprint density at radius 1 is 0.765 bits per heavy atom. The molecule has 2 nitrogen and oxygen atoms in total. The fourth-order valence-electron chi connectivity index (χ4n) is 2.11. The molecule has 0 aromatic carbocycles. The molecule has 0 radical (unpaired) electrons. The third-order valence-electron chi connectivity index (χ3n) is 3.43. The maximum Gasteiger partial charge on any atom is 0.000819 e. The van der Waals surface area contributed by atoms with Crippen molar-refractivity contribution in [3.05, 3.63) is 5.21 Å². The highest BCUT2D eigenvalue weighted by Crippen LogP contribution is 2.15. The lowest BCUT2D eigenvalue weighted by Gasteiger charge is -2.30. The predicted molar refractivity (Wildman–Crippen MR) is 77.0 cm³/mol. The van der Waals surface area contributed by atoms with Gasteiger partial charge in [0.1, 0.15) is 0 Å². The van der Waals surface area contributed by atoms with Crippen LogP contribution in [0.1, 0.15) is 91.4 Å². The lowest BCUT2D eigenvalue weighted by molar-refractivity contribution is 0.387. The molecule has 0 unspecified atom stereocenters. The quantitative estimate of drug-likeness (QED) is 0.379. The zero-order valence-corrected chi connectivity index (χ0v) is 12.2. The van der Waals surface area contributed by atoms with E-state index in [9.17, 15) is 5.21 Å². The van der Waals surface area contributed by atoms with Gasteiger partial charge in [-0.1, -0.05) is 71.1 Å². The summed E-state index contributed by atoms with van der Waals surface area (Å²) in [7, 11) is 0. The molecule has 1 N–H and O–H groups in total. The highest BCUT2D eigenvalue weighted by atomic mass is 16.5. The van der Waals surface area contributed by atoms with Gasteiger partial charge < -0.3 is 10.7 Å². The van der Waals surface area contributed by atoms with E-state index in [1.807, 2.05) is 13.8 Å². The molecular formula is C15H32NO-. The molecule has 0 atom stereocenters. The number of unbranched alkanes of at least 4 members (excludes halogenated alkanes) is 9. The molecule has 0 aliphatic carbocycles. The molecule has 0 aliphatic heterocycles. The first-order chi connectivity index (χ1) is 8.12. The normalized spacial score (nSPS) is 12.0. The van der Waals surface area contributed by atoms with Crippen molar-refractivity contribution in [2.24, 2.45) is 0 Å². The summed E-state index contributed by atoms with van der Waals surface area (Å²) in [5, 5.41) is 10.6. The van der Waals surface area contributed by atoms with Gasteiger partial charge in [-0.25, -0.2) is 0 Å². The van der Waals surface area contributed by atoms with Crippen LogP contribution in [0.3, 0.4) is 0 Å². The molecule has 0 rings (SSSR count). The first kappa shape index (κ1) is 16.9. The van der Waals surface area contributed by atoms with E-state index in [0.717, 1.165) is 6.42 Å². The lowest BCUT2D eigenvalue weighted by atomic mass is 9.97. The van der Waals surface area contributed by atoms with E-state index < -0.39 is 0 Å². The second-order valence-electron chi connectivity index (χ2n) is 5.92. The average molecular weight is 242 g/mol. The van der Waals surface area contributed by atoms with Crippen LogP contribution in [0.15, 0.2) is 0 Å². The second kappa shape index (κ2) is 11.0. The van der Waals surface area contributed by atoms with Crippen LogP contribution in [0.25, 0.3) is 0 Å². The number of hydrogen-bond donors (Lipinski definition) is 1. The van der Waals surface area contributed by atoms with E-state index in [0.29, 0.717) is 0 Å². The highest BCUT2D eigenvalue weighted by Gasteiger charge is 2.10. The zero-order chi connectivity index (χ0) is 13.0. The van der Waals surface area contributed by atoms with Crippen LogP contribution in [-0.2, 0) is 0 Å². The molecule has 0 amide bonds. The zero-order valence-electron chi connectivity index (χ0n) is 12.2. The molecule has 0 heterocycles. The number of rotatable bonds is 12. The molecule has 0 saturated heterocycles. The minimum absolute atomic E-state index is 0.222. The van der Waals surface area contributed by atoms with Crippen molar-refractivity contribution in [2.45, 2.75) is 96.9 Å². The number of nitrogens with one attached hydrogen (secondary N) is 1. The van der Waals surface area contributed by atoms with Crippen LogP contribution in [-0.4, -0.2) is 5.54 Å². The van der Waals surface area contributed by atoms with Gasteiger partial charge in [-0.05, 0) is 20.3 Å². The Bertz CT molecular complexity index is 157. The van der Waals surface area contributed by atoms with Gasteiger partial charge in [0.25, 0.3) is 0 Å². The molecule has 0 aromatic rings. The summed E-state index contributed by atoms with van der Waals surface area (Å²) < 4.78 is 0. The molecule has 0 aliphatic rings. The Hall–Kier alpha value is -0.0800. The summed E-state index contributed by atoms with van der Waals surface area (Å²) in [4.78, 5) is 0. The number of hydrogen-bond acceptors (Lipinski definition) is 2. The monoisotopic (exact) mass is 242 g/mol. The van der Waals surface area contributed by atoms with Crippen molar-refractivity contribution in [3.8, 4) is 0 Å². The topological polar surface area (TPSA) is 35.1 Å². The average Bonchev–Trinajstić information content (AvgIpc) is 2.31. The van der Waals surface area contributed by atoms with Crippen molar-refractivity contribution in [2.75, 3.05) is 0 Å². The summed E-state index contributed by atoms with van der Waals surface area (Å²) in [5.74, 6) is 0. The lowest BCUT2D eigenvalue weighted by Crippen LogP contribution is -2.34. The van der Waals surface area contributed by atoms with Crippen LogP contribution in [0.5, 0.6) is 0 Å². The summed E-state index contributed by atoms with van der Waals surface area (Å²) in [6, 6.07) is 0. The van der Waals surface area contributed by atoms with E-state index in [1.54, 1.807) is 0 Å². The van der Waals surface area contributed by atoms with Gasteiger partial charge in [0.2, 0.25) is 0 Å². The van der Waals surface area contributed by atoms with E-state index >= 15 is 0 Å². The largest absolute Gasteiger partial charge is 0.787 e. The Labute approximate surface area is 108 Å². The molecule has 0 bridgehead atoms. The van der Waals surface area contributed by atoms with Gasteiger partial charge in [-0.3, -0.25) is 0 Å². The van der Waals surface area contributed by atoms with E-state index in [1.165, 1.54) is 64.2 Å². The summed E-state index contributed by atoms with van der Waals surface area (Å²) >= 11 is 0. The van der Waals surface area contributed by atoms with E-state index in [2.05, 4.69) is 12.4 Å². The second-order valence-corrected chi connectivity index (χ2v) is 5.92. The maximum absolute atomic E-state index is 10.6. The molecule has 0 fully saturated rings. The first-order valence-electron chi connectivity index (χ1n) is 7.51. The third kappa shape index (κ3) is 12.2. The van der Waals surface area contributed by atoms with Crippen molar-refractivity contribution in [3.63, 3.8) is 0 Å². The minimum Gasteiger partial charge on any atom is -0.787 e. The summed E-state index contributed by atoms with van der Waals surface area (Å²) in [6.45, 7) is 6.22. The Kier molecular flexibility index (Phi) is 11.0. The van der Waals surface area contributed by atoms with E-state index in [4.69, 9.17) is 0 Å². The summed E-state index contributed by atoms with van der Waals surface area (Å²) in [5.41, 5.74) is 1.90. The molecule has 104 valence electrons. The standard InChI is InChI=1S/C15H32NO/c1-4-5-6-7-8-9-10-11-12-13-14-15(2,3)16-17/h16H,4-14H2,1-3H3/q-1. The van der Waals surface area contributed by atoms with Gasteiger partial charge in [0, 0.05) is 5.54 Å². The molecule has 2 heteroatoms. The minimum atomic E-state index is -0.222. The predicted octanol–water partition coefficient (Wildman–Crippen LogP) is 5.16. The van der Waals surface area contributed by atoms with E-state index in [-0.39, 0.29) is 5.54 Å². The fourth-order valence-corrected chi connectivity index (χ4v) is 2.11. The van der Waals surface area contributed by atoms with Gasteiger partial charge >= 0.3 is 0 Å². The van der Waals surface area contributed by atoms with Crippen LogP contribution in [0.2, 0.25) is 0 Å². The first-order valence-corrected chi connectivity index (χ1v) is 7.51. The molecule has 0 aromatic heterocycles. The van der Waals surface area contributed by atoms with Crippen molar-refractivity contribution in [1.29, 1.82) is 0 Å². The van der Waals surface area contributed by atoms with Gasteiger partial charge in [-0.15, -0.1) is 0 Å². The van der Waals surface area contributed by atoms with Crippen LogP contribution in [0.4, 0.5) is 0 Å². The number of hydroxylamine groups is 1. The smallest absolute Gasteiger partial charge is 0.000819 e. The molecule has 17 heavy (non-hydrogen) atoms. The van der Waals surface area contributed by atoms with Crippen LogP contribution < -0.4 is 5.48 Å². The fraction of sp³-hybridized carbons (Fsp3) is 1.00. The van der Waals surface area contributed by atoms with Gasteiger partial charge in [-0.2, -0.15) is 0 Å².